The molecule has 6 aromatic carbocycles. The van der Waals surface area contributed by atoms with Crippen molar-refractivity contribution in [2.75, 3.05) is 16.8 Å². The van der Waals surface area contributed by atoms with Crippen LogP contribution in [0.5, 0.6) is 0 Å². The molecule has 0 heterocycles. The van der Waals surface area contributed by atoms with Crippen molar-refractivity contribution < 1.29 is 0 Å². The molecule has 0 spiro atoms. The van der Waals surface area contributed by atoms with Gasteiger partial charge in [-0.2, -0.15) is 0 Å². The van der Waals surface area contributed by atoms with Crippen LogP contribution in [0.1, 0.15) is 16.7 Å². The third kappa shape index (κ3) is 5.57. The summed E-state index contributed by atoms with van der Waals surface area (Å²) in [6.45, 7) is 6.55. The van der Waals surface area contributed by atoms with E-state index in [0.717, 1.165) is 17.1 Å². The average molecular weight is 545 g/mol. The summed E-state index contributed by atoms with van der Waals surface area (Å²) >= 11 is 0. The molecule has 6 rings (SSSR count). The second kappa shape index (κ2) is 11.8. The fraction of sp³-hybridized carbons (Fsp3) is 0.100. The van der Waals surface area contributed by atoms with Gasteiger partial charge in [0.15, 0.2) is 0 Å². The van der Waals surface area contributed by atoms with E-state index < -0.39 is 0 Å². The fourth-order valence-corrected chi connectivity index (χ4v) is 5.49. The molecule has 2 heteroatoms. The number of aryl methyl sites for hydroxylation is 3. The van der Waals surface area contributed by atoms with Gasteiger partial charge in [0.05, 0.1) is 0 Å². The van der Waals surface area contributed by atoms with Crippen LogP contribution in [-0.4, -0.2) is 7.05 Å². The van der Waals surface area contributed by atoms with Crippen LogP contribution < -0.4 is 9.80 Å². The maximum absolute atomic E-state index is 2.35. The van der Waals surface area contributed by atoms with Gasteiger partial charge < -0.3 is 9.80 Å². The zero-order valence-electron chi connectivity index (χ0n) is 24.8. The first-order valence-corrected chi connectivity index (χ1v) is 14.5. The minimum absolute atomic E-state index is 1.13. The summed E-state index contributed by atoms with van der Waals surface area (Å²) in [7, 11) is 2.10. The van der Waals surface area contributed by atoms with Gasteiger partial charge in [-0.05, 0) is 120 Å². The Morgan fingerprint density at radius 1 is 0.357 bits per heavy atom. The Morgan fingerprint density at radius 2 is 0.786 bits per heavy atom. The topological polar surface area (TPSA) is 6.48 Å². The van der Waals surface area contributed by atoms with Crippen LogP contribution >= 0.6 is 0 Å². The van der Waals surface area contributed by atoms with E-state index in [2.05, 4.69) is 177 Å². The largest absolute Gasteiger partial charge is 0.345 e. The molecule has 0 saturated heterocycles. The highest BCUT2D eigenvalue weighted by atomic mass is 15.1. The predicted octanol–water partition coefficient (Wildman–Crippen LogP) is 11.2. The van der Waals surface area contributed by atoms with E-state index >= 15 is 0 Å². The fourth-order valence-electron chi connectivity index (χ4n) is 5.49. The van der Waals surface area contributed by atoms with E-state index in [9.17, 15) is 0 Å². The molecule has 6 aromatic rings. The molecule has 0 N–H and O–H groups in total. The van der Waals surface area contributed by atoms with Crippen molar-refractivity contribution in [3.63, 3.8) is 0 Å². The number of anilines is 5. The van der Waals surface area contributed by atoms with Crippen LogP contribution in [0.3, 0.4) is 0 Å². The molecule has 0 aliphatic carbocycles. The van der Waals surface area contributed by atoms with E-state index in [0.29, 0.717) is 0 Å². The lowest BCUT2D eigenvalue weighted by Gasteiger charge is -2.27. The minimum atomic E-state index is 1.13. The zero-order chi connectivity index (χ0) is 29.1. The molecule has 0 bridgehead atoms. The third-order valence-electron chi connectivity index (χ3n) is 8.15. The highest BCUT2D eigenvalue weighted by molar-refractivity contribution is 5.82. The molecule has 0 fully saturated rings. The summed E-state index contributed by atoms with van der Waals surface area (Å²) in [4.78, 5) is 4.55. The summed E-state index contributed by atoms with van der Waals surface area (Å²) in [5.41, 5.74) is 14.5. The van der Waals surface area contributed by atoms with Gasteiger partial charge in [0.25, 0.3) is 0 Å². The van der Waals surface area contributed by atoms with Gasteiger partial charge in [0, 0.05) is 35.5 Å². The van der Waals surface area contributed by atoms with E-state index in [1.54, 1.807) is 0 Å². The maximum atomic E-state index is 2.35. The first-order chi connectivity index (χ1) is 20.5. The van der Waals surface area contributed by atoms with E-state index in [-0.39, 0.29) is 0 Å². The van der Waals surface area contributed by atoms with Crippen LogP contribution in [0, 0.1) is 20.8 Å². The second-order valence-corrected chi connectivity index (χ2v) is 11.0. The monoisotopic (exact) mass is 544 g/mol. The van der Waals surface area contributed by atoms with Crippen molar-refractivity contribution >= 4 is 28.4 Å². The summed E-state index contributed by atoms with van der Waals surface area (Å²) in [6, 6.07) is 52.2. The van der Waals surface area contributed by atoms with Crippen LogP contribution in [0.4, 0.5) is 28.4 Å². The Labute approximate surface area is 250 Å². The Kier molecular flexibility index (Phi) is 7.62. The van der Waals surface area contributed by atoms with Crippen molar-refractivity contribution in [1.29, 1.82) is 0 Å². The normalized spacial score (nSPS) is 10.9. The first kappa shape index (κ1) is 27.1. The quantitative estimate of drug-likeness (QED) is 0.197. The number of benzene rings is 6. The number of hydrogen-bond acceptors (Lipinski definition) is 2. The summed E-state index contributed by atoms with van der Waals surface area (Å²) in [5.74, 6) is 0. The van der Waals surface area contributed by atoms with Gasteiger partial charge in [-0.1, -0.05) is 84.9 Å². The SMILES string of the molecule is Cc1ccc(-c2ccc(N(c3ccccc3)c3ccc(-c4ccc(N(C)c5ccccc5)cc4)cc3)c(C)c2)cc1C. The van der Waals surface area contributed by atoms with Crippen molar-refractivity contribution in [2.24, 2.45) is 0 Å². The number of rotatable bonds is 7. The van der Waals surface area contributed by atoms with Gasteiger partial charge in [-0.15, -0.1) is 0 Å². The molecule has 0 unspecified atom stereocenters. The van der Waals surface area contributed by atoms with Gasteiger partial charge in [-0.25, -0.2) is 0 Å². The molecule has 0 saturated carbocycles. The molecule has 206 valence electrons. The lowest BCUT2D eigenvalue weighted by atomic mass is 9.98. The molecule has 0 radical (unpaired) electrons. The smallest absolute Gasteiger partial charge is 0.0491 e. The zero-order valence-corrected chi connectivity index (χ0v) is 24.8. The minimum Gasteiger partial charge on any atom is -0.345 e. The maximum Gasteiger partial charge on any atom is 0.0491 e. The molecule has 42 heavy (non-hydrogen) atoms. The molecule has 2 nitrogen and oxygen atoms in total. The van der Waals surface area contributed by atoms with Crippen molar-refractivity contribution in [3.8, 4) is 22.3 Å². The number of nitrogens with zero attached hydrogens (tertiary/aromatic N) is 2. The van der Waals surface area contributed by atoms with Gasteiger partial charge >= 0.3 is 0 Å². The lowest BCUT2D eigenvalue weighted by molar-refractivity contribution is 1.21. The third-order valence-corrected chi connectivity index (χ3v) is 8.15. The molecule has 0 aliphatic rings. The van der Waals surface area contributed by atoms with Crippen molar-refractivity contribution in [3.05, 3.63) is 162 Å². The molecule has 0 aromatic heterocycles. The standard InChI is InChI=1S/C40H36N2/c1-29-15-16-34(27-30(29)2)35-21-26-40(31(3)28-35)42(38-13-9-6-10-14-38)39-24-19-33(20-25-39)32-17-22-37(23-18-32)41(4)36-11-7-5-8-12-36/h5-28H,1-4H3. The Morgan fingerprint density at radius 3 is 1.33 bits per heavy atom. The highest BCUT2D eigenvalue weighted by Crippen LogP contribution is 2.39. The van der Waals surface area contributed by atoms with E-state index in [1.165, 1.54) is 50.3 Å². The number of para-hydroxylation sites is 2. The highest BCUT2D eigenvalue weighted by Gasteiger charge is 2.16. The van der Waals surface area contributed by atoms with Crippen molar-refractivity contribution in [2.45, 2.75) is 20.8 Å². The Bertz CT molecular complexity index is 1790. The molecular formula is C40H36N2. The summed E-state index contributed by atoms with van der Waals surface area (Å²) < 4.78 is 0. The Balaban J connectivity index is 1.30. The van der Waals surface area contributed by atoms with Crippen LogP contribution in [-0.2, 0) is 0 Å². The van der Waals surface area contributed by atoms with Crippen LogP contribution in [0.2, 0.25) is 0 Å². The van der Waals surface area contributed by atoms with Crippen molar-refractivity contribution in [1.82, 2.24) is 0 Å². The summed E-state index contributed by atoms with van der Waals surface area (Å²) in [6.07, 6.45) is 0. The second-order valence-electron chi connectivity index (χ2n) is 11.0. The average Bonchev–Trinajstić information content (AvgIpc) is 3.04. The molecular weight excluding hydrogens is 508 g/mol. The molecule has 0 atom stereocenters. The van der Waals surface area contributed by atoms with E-state index in [1.807, 2.05) is 6.07 Å². The predicted molar refractivity (Wildman–Crippen MR) is 181 cm³/mol. The van der Waals surface area contributed by atoms with Crippen LogP contribution in [0.25, 0.3) is 22.3 Å². The first-order valence-electron chi connectivity index (χ1n) is 14.5. The molecule has 0 aliphatic heterocycles. The van der Waals surface area contributed by atoms with Crippen LogP contribution in [0.15, 0.2) is 146 Å². The number of hydrogen-bond donors (Lipinski definition) is 0. The van der Waals surface area contributed by atoms with Gasteiger partial charge in [-0.3, -0.25) is 0 Å². The molecule has 0 amide bonds. The summed E-state index contributed by atoms with van der Waals surface area (Å²) in [5, 5.41) is 0. The lowest BCUT2D eigenvalue weighted by Crippen LogP contribution is -2.11. The Hall–Kier alpha value is -5.08. The van der Waals surface area contributed by atoms with Gasteiger partial charge in [0.2, 0.25) is 0 Å². The van der Waals surface area contributed by atoms with Gasteiger partial charge in [0.1, 0.15) is 0 Å². The van der Waals surface area contributed by atoms with E-state index in [4.69, 9.17) is 0 Å².